The first-order chi connectivity index (χ1) is 10.0. The summed E-state index contributed by atoms with van der Waals surface area (Å²) in [6, 6.07) is 12.7. The minimum Gasteiger partial charge on any atom is -0.459 e. The molecule has 0 saturated carbocycles. The number of benzene rings is 2. The van der Waals surface area contributed by atoms with Gasteiger partial charge in [0, 0.05) is 9.86 Å². The zero-order valence-electron chi connectivity index (χ0n) is 11.8. The largest absolute Gasteiger partial charge is 0.459 e. The van der Waals surface area contributed by atoms with Crippen LogP contribution in [0.4, 0.5) is 10.1 Å². The molecule has 0 amide bonds. The van der Waals surface area contributed by atoms with Crippen molar-refractivity contribution in [2.45, 2.75) is 19.9 Å². The number of hydrogen-bond donors (Lipinski definition) is 1. The lowest BCUT2D eigenvalue weighted by molar-refractivity contribution is 0.524. The second-order valence-electron chi connectivity index (χ2n) is 5.18. The van der Waals surface area contributed by atoms with Crippen molar-refractivity contribution in [3.05, 3.63) is 64.1 Å². The van der Waals surface area contributed by atoms with Gasteiger partial charge in [0.25, 0.3) is 0 Å². The molecule has 0 aliphatic carbocycles. The molecule has 0 aliphatic heterocycles. The maximum atomic E-state index is 13.8. The first-order valence-electron chi connectivity index (χ1n) is 6.74. The third kappa shape index (κ3) is 2.95. The van der Waals surface area contributed by atoms with Crippen LogP contribution in [0.15, 0.2) is 51.4 Å². The van der Waals surface area contributed by atoms with E-state index in [0.29, 0.717) is 5.69 Å². The van der Waals surface area contributed by atoms with E-state index in [2.05, 4.69) is 21.2 Å². The molecule has 1 heterocycles. The van der Waals surface area contributed by atoms with Crippen LogP contribution in [-0.2, 0) is 0 Å². The van der Waals surface area contributed by atoms with Gasteiger partial charge in [-0.2, -0.15) is 0 Å². The summed E-state index contributed by atoms with van der Waals surface area (Å²) in [5.41, 5.74) is 2.33. The predicted octanol–water partition coefficient (Wildman–Crippen LogP) is 5.82. The molecule has 4 heteroatoms. The second kappa shape index (κ2) is 5.53. The Kier molecular flexibility index (Phi) is 3.72. The van der Waals surface area contributed by atoms with Crippen molar-refractivity contribution in [1.82, 2.24) is 0 Å². The summed E-state index contributed by atoms with van der Waals surface area (Å²) in [5.74, 6) is 0.523. The van der Waals surface area contributed by atoms with E-state index < -0.39 is 0 Å². The lowest BCUT2D eigenvalue weighted by atomic mass is 10.1. The molecule has 1 aromatic heterocycles. The standard InChI is InChI=1S/C17H15BrFNO/c1-10-3-5-14(19)15(7-10)20-11(2)17-9-12-8-13(18)4-6-16(12)21-17/h3-9,11,20H,1-2H3. The Morgan fingerprint density at radius 1 is 1.14 bits per heavy atom. The summed E-state index contributed by atoms with van der Waals surface area (Å²) in [6.07, 6.45) is 0. The highest BCUT2D eigenvalue weighted by Crippen LogP contribution is 2.29. The molecule has 21 heavy (non-hydrogen) atoms. The number of anilines is 1. The topological polar surface area (TPSA) is 25.2 Å². The molecule has 3 aromatic rings. The summed E-state index contributed by atoms with van der Waals surface area (Å²) >= 11 is 3.44. The van der Waals surface area contributed by atoms with Gasteiger partial charge in [0.1, 0.15) is 17.2 Å². The van der Waals surface area contributed by atoms with Crippen molar-refractivity contribution in [2.24, 2.45) is 0 Å². The highest BCUT2D eigenvalue weighted by molar-refractivity contribution is 9.10. The number of hydrogen-bond acceptors (Lipinski definition) is 2. The Hall–Kier alpha value is -1.81. The van der Waals surface area contributed by atoms with Crippen molar-refractivity contribution in [3.8, 4) is 0 Å². The molecular formula is C17H15BrFNO. The Bertz CT molecular complexity index is 797. The van der Waals surface area contributed by atoms with Crippen molar-refractivity contribution in [3.63, 3.8) is 0 Å². The van der Waals surface area contributed by atoms with Crippen LogP contribution in [0.5, 0.6) is 0 Å². The van der Waals surface area contributed by atoms with E-state index in [1.54, 1.807) is 12.1 Å². The van der Waals surface area contributed by atoms with E-state index in [9.17, 15) is 4.39 Å². The monoisotopic (exact) mass is 347 g/mol. The fourth-order valence-electron chi connectivity index (χ4n) is 2.30. The summed E-state index contributed by atoms with van der Waals surface area (Å²) in [6.45, 7) is 3.89. The first kappa shape index (κ1) is 14.1. The normalized spacial score (nSPS) is 12.6. The Morgan fingerprint density at radius 2 is 1.95 bits per heavy atom. The van der Waals surface area contributed by atoms with Crippen LogP contribution in [-0.4, -0.2) is 0 Å². The molecule has 1 N–H and O–H groups in total. The molecule has 0 spiro atoms. The molecule has 3 rings (SSSR count). The third-order valence-corrected chi connectivity index (χ3v) is 3.91. The minimum atomic E-state index is -0.258. The Labute approximate surface area is 131 Å². The number of aryl methyl sites for hydroxylation is 1. The van der Waals surface area contributed by atoms with Gasteiger partial charge in [-0.15, -0.1) is 0 Å². The van der Waals surface area contributed by atoms with Crippen LogP contribution in [0.3, 0.4) is 0 Å². The van der Waals surface area contributed by atoms with Crippen molar-refractivity contribution in [2.75, 3.05) is 5.32 Å². The van der Waals surface area contributed by atoms with Gasteiger partial charge in [-0.1, -0.05) is 22.0 Å². The van der Waals surface area contributed by atoms with Crippen LogP contribution in [0, 0.1) is 12.7 Å². The van der Waals surface area contributed by atoms with E-state index in [-0.39, 0.29) is 11.9 Å². The zero-order chi connectivity index (χ0) is 15.0. The van der Waals surface area contributed by atoms with E-state index >= 15 is 0 Å². The Morgan fingerprint density at radius 3 is 2.76 bits per heavy atom. The SMILES string of the molecule is Cc1ccc(F)c(NC(C)c2cc3cc(Br)ccc3o2)c1. The van der Waals surface area contributed by atoms with Gasteiger partial charge in [-0.05, 0) is 55.8 Å². The fourth-order valence-corrected chi connectivity index (χ4v) is 2.68. The van der Waals surface area contributed by atoms with Gasteiger partial charge < -0.3 is 9.73 Å². The molecule has 1 atom stereocenters. The van der Waals surface area contributed by atoms with E-state index in [0.717, 1.165) is 26.8 Å². The van der Waals surface area contributed by atoms with Crippen LogP contribution >= 0.6 is 15.9 Å². The highest BCUT2D eigenvalue weighted by atomic mass is 79.9. The summed E-state index contributed by atoms with van der Waals surface area (Å²) < 4.78 is 20.6. The molecule has 0 radical (unpaired) electrons. The lowest BCUT2D eigenvalue weighted by Gasteiger charge is -2.14. The molecule has 108 valence electrons. The molecule has 1 unspecified atom stereocenters. The predicted molar refractivity (Wildman–Crippen MR) is 87.1 cm³/mol. The molecular weight excluding hydrogens is 333 g/mol. The highest BCUT2D eigenvalue weighted by Gasteiger charge is 2.13. The van der Waals surface area contributed by atoms with Crippen LogP contribution in [0.2, 0.25) is 0 Å². The molecule has 2 nitrogen and oxygen atoms in total. The number of fused-ring (bicyclic) bond motifs is 1. The smallest absolute Gasteiger partial charge is 0.146 e. The maximum Gasteiger partial charge on any atom is 0.146 e. The van der Waals surface area contributed by atoms with E-state index in [4.69, 9.17) is 4.42 Å². The summed E-state index contributed by atoms with van der Waals surface area (Å²) in [5, 5.41) is 4.19. The number of halogens is 2. The second-order valence-corrected chi connectivity index (χ2v) is 6.10. The van der Waals surface area contributed by atoms with Crippen molar-refractivity contribution >= 4 is 32.6 Å². The van der Waals surface area contributed by atoms with Gasteiger partial charge in [-0.25, -0.2) is 4.39 Å². The van der Waals surface area contributed by atoms with Gasteiger partial charge in [0.2, 0.25) is 0 Å². The summed E-state index contributed by atoms with van der Waals surface area (Å²) in [4.78, 5) is 0. The van der Waals surface area contributed by atoms with E-state index in [1.165, 1.54) is 6.07 Å². The lowest BCUT2D eigenvalue weighted by Crippen LogP contribution is -2.07. The van der Waals surface area contributed by atoms with Crippen LogP contribution in [0.25, 0.3) is 11.0 Å². The first-order valence-corrected chi connectivity index (χ1v) is 7.54. The van der Waals surface area contributed by atoms with Gasteiger partial charge >= 0.3 is 0 Å². The number of furan rings is 1. The maximum absolute atomic E-state index is 13.8. The molecule has 0 bridgehead atoms. The average molecular weight is 348 g/mol. The van der Waals surface area contributed by atoms with Crippen molar-refractivity contribution in [1.29, 1.82) is 0 Å². The quantitative estimate of drug-likeness (QED) is 0.646. The molecule has 2 aromatic carbocycles. The van der Waals surface area contributed by atoms with Gasteiger partial charge in [0.15, 0.2) is 0 Å². The minimum absolute atomic E-state index is 0.118. The van der Waals surface area contributed by atoms with Crippen LogP contribution < -0.4 is 5.32 Å². The fraction of sp³-hybridized carbons (Fsp3) is 0.176. The van der Waals surface area contributed by atoms with Crippen LogP contribution in [0.1, 0.15) is 24.3 Å². The van der Waals surface area contributed by atoms with Gasteiger partial charge in [-0.3, -0.25) is 0 Å². The molecule has 0 fully saturated rings. The Balaban J connectivity index is 1.89. The van der Waals surface area contributed by atoms with E-state index in [1.807, 2.05) is 38.1 Å². The number of rotatable bonds is 3. The average Bonchev–Trinajstić information content (AvgIpc) is 2.86. The van der Waals surface area contributed by atoms with Crippen molar-refractivity contribution < 1.29 is 8.81 Å². The molecule has 0 saturated heterocycles. The summed E-state index contributed by atoms with van der Waals surface area (Å²) in [7, 11) is 0. The third-order valence-electron chi connectivity index (χ3n) is 3.42. The zero-order valence-corrected chi connectivity index (χ0v) is 13.4. The van der Waals surface area contributed by atoms with Gasteiger partial charge in [0.05, 0.1) is 11.7 Å². The number of nitrogens with one attached hydrogen (secondary N) is 1. The molecule has 0 aliphatic rings.